The van der Waals surface area contributed by atoms with Crippen molar-refractivity contribution < 1.29 is 4.79 Å². The van der Waals surface area contributed by atoms with Gasteiger partial charge in [-0.2, -0.15) is 10.5 Å². The minimum Gasteiger partial charge on any atom is -0.351 e. The molecular formula is C20H22N6O. The molecule has 1 aromatic rings. The molecule has 0 saturated carbocycles. The molecule has 0 radical (unpaired) electrons. The van der Waals surface area contributed by atoms with Gasteiger partial charge in [0.05, 0.1) is 18.2 Å². The number of amides is 1. The van der Waals surface area contributed by atoms with E-state index < -0.39 is 6.04 Å². The van der Waals surface area contributed by atoms with Crippen molar-refractivity contribution in [3.05, 3.63) is 36.0 Å². The van der Waals surface area contributed by atoms with Crippen molar-refractivity contribution in [2.24, 2.45) is 0 Å². The molecule has 3 atom stereocenters. The fourth-order valence-electron chi connectivity index (χ4n) is 4.55. The molecule has 1 amide bonds. The summed E-state index contributed by atoms with van der Waals surface area (Å²) in [5, 5.41) is 21.5. The van der Waals surface area contributed by atoms with Crippen LogP contribution in [0.25, 0.3) is 0 Å². The first-order chi connectivity index (χ1) is 13.2. The lowest BCUT2D eigenvalue weighted by atomic mass is 9.97. The van der Waals surface area contributed by atoms with Gasteiger partial charge in [0.2, 0.25) is 5.91 Å². The lowest BCUT2D eigenvalue weighted by Crippen LogP contribution is -2.51. The van der Waals surface area contributed by atoms with Crippen LogP contribution in [0, 0.1) is 22.7 Å². The molecule has 3 aliphatic heterocycles. The van der Waals surface area contributed by atoms with Gasteiger partial charge in [-0.1, -0.05) is 6.08 Å². The highest BCUT2D eigenvalue weighted by Gasteiger charge is 2.41. The molecule has 1 N–H and O–H groups in total. The van der Waals surface area contributed by atoms with Crippen molar-refractivity contribution in [1.29, 1.82) is 10.5 Å². The minimum atomic E-state index is -0.431. The van der Waals surface area contributed by atoms with Crippen LogP contribution in [-0.4, -0.2) is 53.0 Å². The van der Waals surface area contributed by atoms with E-state index in [1.165, 1.54) is 0 Å². The Kier molecular flexibility index (Phi) is 4.79. The number of nitriles is 2. The third-order valence-corrected chi connectivity index (χ3v) is 5.83. The predicted octanol–water partition coefficient (Wildman–Crippen LogP) is 1.33. The Morgan fingerprint density at radius 1 is 1.26 bits per heavy atom. The van der Waals surface area contributed by atoms with E-state index in [0.717, 1.165) is 31.5 Å². The molecular weight excluding hydrogens is 340 g/mol. The molecule has 27 heavy (non-hydrogen) atoms. The Hall–Kier alpha value is -2.90. The molecule has 138 valence electrons. The van der Waals surface area contributed by atoms with Gasteiger partial charge in [-0.15, -0.1) is 0 Å². The topological polar surface area (TPSA) is 96.0 Å². The fourth-order valence-corrected chi connectivity index (χ4v) is 4.55. The second kappa shape index (κ2) is 7.38. The predicted molar refractivity (Wildman–Crippen MR) is 99.5 cm³/mol. The van der Waals surface area contributed by atoms with Crippen LogP contribution in [0.5, 0.6) is 0 Å². The number of fused-ring (bicyclic) bond motifs is 2. The molecule has 3 aliphatic rings. The van der Waals surface area contributed by atoms with Crippen LogP contribution < -0.4 is 10.2 Å². The summed E-state index contributed by atoms with van der Waals surface area (Å²) in [6.07, 6.45) is 9.50. The zero-order chi connectivity index (χ0) is 18.8. The van der Waals surface area contributed by atoms with E-state index in [2.05, 4.69) is 27.3 Å². The molecule has 7 nitrogen and oxygen atoms in total. The summed E-state index contributed by atoms with van der Waals surface area (Å²) in [5.74, 6) is 0.922. The smallest absolute Gasteiger partial charge is 0.238 e. The number of anilines is 1. The quantitative estimate of drug-likeness (QED) is 0.812. The van der Waals surface area contributed by atoms with Crippen molar-refractivity contribution in [3.8, 4) is 12.1 Å². The number of rotatable bonds is 4. The van der Waals surface area contributed by atoms with Gasteiger partial charge in [-0.25, -0.2) is 4.98 Å². The van der Waals surface area contributed by atoms with Crippen LogP contribution in [0.1, 0.15) is 31.2 Å². The second-order valence-electron chi connectivity index (χ2n) is 7.41. The van der Waals surface area contributed by atoms with Gasteiger partial charge in [-0.05, 0) is 43.9 Å². The maximum Gasteiger partial charge on any atom is 0.238 e. The largest absolute Gasteiger partial charge is 0.351 e. The third kappa shape index (κ3) is 3.39. The first kappa shape index (κ1) is 17.5. The molecule has 2 bridgehead atoms. The number of hydrogen-bond acceptors (Lipinski definition) is 6. The van der Waals surface area contributed by atoms with Crippen LogP contribution in [0.4, 0.5) is 5.82 Å². The Morgan fingerprint density at radius 3 is 2.67 bits per heavy atom. The Morgan fingerprint density at radius 2 is 2.04 bits per heavy atom. The minimum absolute atomic E-state index is 0.0184. The maximum atomic E-state index is 12.4. The highest BCUT2D eigenvalue weighted by atomic mass is 16.2. The molecule has 2 unspecified atom stereocenters. The van der Waals surface area contributed by atoms with E-state index in [1.807, 2.05) is 18.2 Å². The number of nitrogens with one attached hydrogen (secondary N) is 1. The molecule has 2 saturated heterocycles. The number of carbonyl (C=O) groups excluding carboxylic acids is 1. The van der Waals surface area contributed by atoms with Crippen molar-refractivity contribution in [3.63, 3.8) is 0 Å². The lowest BCUT2D eigenvalue weighted by Gasteiger charge is -2.40. The summed E-state index contributed by atoms with van der Waals surface area (Å²) in [6.45, 7) is 0.797. The molecule has 0 spiro atoms. The molecule has 0 aromatic carbocycles. The summed E-state index contributed by atoms with van der Waals surface area (Å²) < 4.78 is 0. The average Bonchev–Trinajstić information content (AvgIpc) is 3.28. The van der Waals surface area contributed by atoms with Crippen LogP contribution in [-0.2, 0) is 4.79 Å². The SMILES string of the molecule is N#Cc1ccc(N2C3CCC2CC(NCC(=O)N2CC=C[C@H]2C#N)C3)nc1. The van der Waals surface area contributed by atoms with Crippen molar-refractivity contribution in [1.82, 2.24) is 15.2 Å². The van der Waals surface area contributed by atoms with Gasteiger partial charge in [0.15, 0.2) is 0 Å². The monoisotopic (exact) mass is 362 g/mol. The maximum absolute atomic E-state index is 12.4. The number of hydrogen-bond donors (Lipinski definition) is 1. The summed E-state index contributed by atoms with van der Waals surface area (Å²) in [6, 6.07) is 8.71. The van der Waals surface area contributed by atoms with E-state index in [9.17, 15) is 4.79 Å². The van der Waals surface area contributed by atoms with E-state index in [0.29, 0.717) is 30.2 Å². The summed E-state index contributed by atoms with van der Waals surface area (Å²) >= 11 is 0. The van der Waals surface area contributed by atoms with E-state index >= 15 is 0 Å². The summed E-state index contributed by atoms with van der Waals surface area (Å²) in [7, 11) is 0. The van der Waals surface area contributed by atoms with Gasteiger partial charge < -0.3 is 15.1 Å². The number of carbonyl (C=O) groups is 1. The molecule has 7 heteroatoms. The molecule has 0 aliphatic carbocycles. The van der Waals surface area contributed by atoms with Crippen LogP contribution >= 0.6 is 0 Å². The third-order valence-electron chi connectivity index (χ3n) is 5.83. The van der Waals surface area contributed by atoms with Crippen LogP contribution in [0.15, 0.2) is 30.5 Å². The molecule has 2 fully saturated rings. The molecule has 4 rings (SSSR count). The van der Waals surface area contributed by atoms with E-state index in [4.69, 9.17) is 10.5 Å². The fraction of sp³-hybridized carbons (Fsp3) is 0.500. The van der Waals surface area contributed by atoms with Crippen molar-refractivity contribution >= 4 is 11.7 Å². The summed E-state index contributed by atoms with van der Waals surface area (Å²) in [4.78, 5) is 20.9. The Balaban J connectivity index is 1.34. The first-order valence-electron chi connectivity index (χ1n) is 9.43. The molecule has 1 aromatic heterocycles. The van der Waals surface area contributed by atoms with Crippen molar-refractivity contribution in [2.45, 2.75) is 49.9 Å². The van der Waals surface area contributed by atoms with Crippen molar-refractivity contribution in [2.75, 3.05) is 18.0 Å². The van der Waals surface area contributed by atoms with Gasteiger partial charge in [0, 0.05) is 30.9 Å². The van der Waals surface area contributed by atoms with E-state index in [1.54, 1.807) is 17.2 Å². The number of aromatic nitrogens is 1. The van der Waals surface area contributed by atoms with E-state index in [-0.39, 0.29) is 12.5 Å². The highest BCUT2D eigenvalue weighted by Crippen LogP contribution is 2.38. The highest BCUT2D eigenvalue weighted by molar-refractivity contribution is 5.80. The zero-order valence-electron chi connectivity index (χ0n) is 15.1. The number of pyridine rings is 1. The van der Waals surface area contributed by atoms with Crippen LogP contribution in [0.3, 0.4) is 0 Å². The van der Waals surface area contributed by atoms with Gasteiger partial charge in [-0.3, -0.25) is 4.79 Å². The number of piperidine rings is 1. The van der Waals surface area contributed by atoms with Crippen LogP contribution in [0.2, 0.25) is 0 Å². The average molecular weight is 362 g/mol. The normalized spacial score (nSPS) is 28.8. The first-order valence-corrected chi connectivity index (χ1v) is 9.43. The zero-order valence-corrected chi connectivity index (χ0v) is 15.1. The second-order valence-corrected chi connectivity index (χ2v) is 7.41. The van der Waals surface area contributed by atoms with Gasteiger partial charge in [0.25, 0.3) is 0 Å². The van der Waals surface area contributed by atoms with Gasteiger partial charge in [0.1, 0.15) is 17.9 Å². The van der Waals surface area contributed by atoms with Gasteiger partial charge >= 0.3 is 0 Å². The standard InChI is InChI=1S/C20H22N6O/c21-10-14-3-6-19(24-12-14)26-16-4-5-17(26)9-15(8-16)23-13-20(27)25-7-1-2-18(25)11-22/h1-3,6,12,15-18,23H,4-5,7-9,13H2/t15?,16?,17?,18-/m0/s1. The number of nitrogens with zero attached hydrogens (tertiary/aromatic N) is 5. The summed E-state index contributed by atoms with van der Waals surface area (Å²) in [5.41, 5.74) is 0.577. The lowest BCUT2D eigenvalue weighted by molar-refractivity contribution is -0.130. The Labute approximate surface area is 158 Å². The molecule has 4 heterocycles. The Bertz CT molecular complexity index is 806.